The first-order valence-electron chi connectivity index (χ1n) is 9.81. The van der Waals surface area contributed by atoms with Crippen molar-refractivity contribution >= 4 is 17.5 Å². The van der Waals surface area contributed by atoms with Gasteiger partial charge in [0.15, 0.2) is 0 Å². The van der Waals surface area contributed by atoms with Crippen LogP contribution in [0.3, 0.4) is 0 Å². The maximum Gasteiger partial charge on any atom is 0.235 e. The fraction of sp³-hybridized carbons (Fsp3) is 0.429. The van der Waals surface area contributed by atoms with Crippen molar-refractivity contribution in [2.24, 2.45) is 5.92 Å². The molecule has 0 radical (unpaired) electrons. The van der Waals surface area contributed by atoms with Crippen LogP contribution in [0.4, 0.5) is 5.69 Å². The number of amides is 2. The van der Waals surface area contributed by atoms with Crippen molar-refractivity contribution in [2.75, 3.05) is 31.6 Å². The second-order valence-electron chi connectivity index (χ2n) is 7.31. The molecule has 2 unspecified atom stereocenters. The third kappa shape index (κ3) is 4.31. The molecule has 2 amide bonds. The third-order valence-corrected chi connectivity index (χ3v) is 5.32. The molecule has 0 N–H and O–H groups in total. The first-order chi connectivity index (χ1) is 14.1. The summed E-state index contributed by atoms with van der Waals surface area (Å²) < 4.78 is 11.0. The first kappa shape index (κ1) is 19.2. The Morgan fingerprint density at radius 1 is 1.14 bits per heavy atom. The number of hydrogen-bond donors (Lipinski definition) is 0. The zero-order chi connectivity index (χ0) is 20.2. The topological polar surface area (TPSA) is 84.9 Å². The van der Waals surface area contributed by atoms with Crippen LogP contribution in [0.2, 0.25) is 0 Å². The Labute approximate surface area is 169 Å². The molecule has 8 heteroatoms. The zero-order valence-corrected chi connectivity index (χ0v) is 16.4. The zero-order valence-electron chi connectivity index (χ0n) is 16.4. The average Bonchev–Trinajstić information content (AvgIpc) is 3.16. The van der Waals surface area contributed by atoms with Gasteiger partial charge in [0.05, 0.1) is 32.0 Å². The van der Waals surface area contributed by atoms with Crippen molar-refractivity contribution < 1.29 is 19.1 Å². The smallest absolute Gasteiger partial charge is 0.235 e. The largest absolute Gasteiger partial charge is 0.480 e. The number of carbonyl (C=O) groups excluding carboxylic acids is 2. The average molecular weight is 396 g/mol. The minimum absolute atomic E-state index is 0.00832. The lowest BCUT2D eigenvalue weighted by Crippen LogP contribution is -2.47. The molecule has 0 bridgehead atoms. The van der Waals surface area contributed by atoms with E-state index in [0.29, 0.717) is 31.4 Å². The second kappa shape index (κ2) is 8.46. The second-order valence-corrected chi connectivity index (χ2v) is 7.31. The molecule has 2 saturated heterocycles. The van der Waals surface area contributed by atoms with Gasteiger partial charge in [-0.2, -0.15) is 4.98 Å². The number of piperidine rings is 1. The van der Waals surface area contributed by atoms with Gasteiger partial charge in [-0.15, -0.1) is 0 Å². The predicted octanol–water partition coefficient (Wildman–Crippen LogP) is 1.91. The monoisotopic (exact) mass is 396 g/mol. The number of aromatic nitrogens is 2. The SMILES string of the molecule is COc1cncc(OC2CCCN(C(=O)C3CC(=O)N(c4ccccc4)C3)C2)n1. The highest BCUT2D eigenvalue weighted by atomic mass is 16.5. The van der Waals surface area contributed by atoms with Gasteiger partial charge in [-0.05, 0) is 25.0 Å². The number of anilines is 1. The maximum atomic E-state index is 13.1. The quantitative estimate of drug-likeness (QED) is 0.768. The summed E-state index contributed by atoms with van der Waals surface area (Å²) in [6.45, 7) is 1.58. The Bertz CT molecular complexity index is 876. The van der Waals surface area contributed by atoms with Crippen LogP contribution in [0.25, 0.3) is 0 Å². The van der Waals surface area contributed by atoms with Crippen molar-refractivity contribution in [2.45, 2.75) is 25.4 Å². The van der Waals surface area contributed by atoms with Crippen LogP contribution in [0.1, 0.15) is 19.3 Å². The number of rotatable bonds is 5. The summed E-state index contributed by atoms with van der Waals surface area (Å²) in [6.07, 6.45) is 4.82. The molecule has 2 aliphatic rings. The Morgan fingerprint density at radius 3 is 2.72 bits per heavy atom. The molecule has 1 aromatic carbocycles. The minimum Gasteiger partial charge on any atom is -0.480 e. The third-order valence-electron chi connectivity index (χ3n) is 5.32. The molecular weight excluding hydrogens is 372 g/mol. The molecule has 0 aliphatic carbocycles. The molecular formula is C21H24N4O4. The highest BCUT2D eigenvalue weighted by molar-refractivity contribution is 6.00. The van der Waals surface area contributed by atoms with Crippen molar-refractivity contribution in [1.29, 1.82) is 0 Å². The number of likely N-dealkylation sites (tertiary alicyclic amines) is 1. The number of nitrogens with zero attached hydrogens (tertiary/aromatic N) is 4. The van der Waals surface area contributed by atoms with E-state index < -0.39 is 0 Å². The molecule has 152 valence electrons. The lowest BCUT2D eigenvalue weighted by molar-refractivity contribution is -0.138. The van der Waals surface area contributed by atoms with E-state index in [4.69, 9.17) is 9.47 Å². The fourth-order valence-corrected chi connectivity index (χ4v) is 3.88. The molecule has 3 heterocycles. The van der Waals surface area contributed by atoms with E-state index in [1.165, 1.54) is 19.5 Å². The number of methoxy groups -OCH3 is 1. The van der Waals surface area contributed by atoms with E-state index in [0.717, 1.165) is 18.5 Å². The van der Waals surface area contributed by atoms with Crippen molar-refractivity contribution in [3.05, 3.63) is 42.7 Å². The van der Waals surface area contributed by atoms with Gasteiger partial charge in [-0.3, -0.25) is 14.6 Å². The van der Waals surface area contributed by atoms with E-state index in [9.17, 15) is 9.59 Å². The molecule has 0 spiro atoms. The summed E-state index contributed by atoms with van der Waals surface area (Å²) in [5.74, 6) is 0.456. The Balaban J connectivity index is 1.38. The summed E-state index contributed by atoms with van der Waals surface area (Å²) in [7, 11) is 1.52. The number of ether oxygens (including phenoxy) is 2. The van der Waals surface area contributed by atoms with Crippen LogP contribution in [-0.2, 0) is 9.59 Å². The molecule has 29 heavy (non-hydrogen) atoms. The van der Waals surface area contributed by atoms with Gasteiger partial charge >= 0.3 is 0 Å². The van der Waals surface area contributed by atoms with Crippen LogP contribution < -0.4 is 14.4 Å². The summed E-state index contributed by atoms with van der Waals surface area (Å²) in [5.41, 5.74) is 0.837. The molecule has 2 atom stereocenters. The van der Waals surface area contributed by atoms with E-state index in [-0.39, 0.29) is 30.3 Å². The lowest BCUT2D eigenvalue weighted by atomic mass is 10.0. The molecule has 8 nitrogen and oxygen atoms in total. The summed E-state index contributed by atoms with van der Waals surface area (Å²) in [4.78, 5) is 37.3. The first-order valence-corrected chi connectivity index (χ1v) is 9.81. The van der Waals surface area contributed by atoms with E-state index in [1.807, 2.05) is 35.2 Å². The normalized spacial score (nSPS) is 21.9. The number of hydrogen-bond acceptors (Lipinski definition) is 6. The molecule has 1 aromatic heterocycles. The molecule has 0 saturated carbocycles. The van der Waals surface area contributed by atoms with Gasteiger partial charge in [0.2, 0.25) is 23.6 Å². The number of carbonyl (C=O) groups is 2. The number of benzene rings is 1. The van der Waals surface area contributed by atoms with Gasteiger partial charge in [-0.25, -0.2) is 0 Å². The predicted molar refractivity (Wildman–Crippen MR) is 106 cm³/mol. The lowest BCUT2D eigenvalue weighted by Gasteiger charge is -2.34. The summed E-state index contributed by atoms with van der Waals surface area (Å²) in [5, 5.41) is 0. The standard InChI is InChI=1S/C21H24N4O4/c1-28-18-11-22-12-19(23-18)29-17-8-5-9-24(14-17)21(27)15-10-20(26)25(13-15)16-6-3-2-4-7-16/h2-4,6-7,11-12,15,17H,5,8-10,13-14H2,1H3. The summed E-state index contributed by atoms with van der Waals surface area (Å²) >= 11 is 0. The van der Waals surface area contributed by atoms with Gasteiger partial charge in [0.1, 0.15) is 6.10 Å². The minimum atomic E-state index is -0.321. The van der Waals surface area contributed by atoms with E-state index >= 15 is 0 Å². The highest BCUT2D eigenvalue weighted by Gasteiger charge is 2.38. The van der Waals surface area contributed by atoms with Gasteiger partial charge in [0.25, 0.3) is 0 Å². The molecule has 4 rings (SSSR count). The maximum absolute atomic E-state index is 13.1. The Kier molecular flexibility index (Phi) is 5.59. The molecule has 2 aromatic rings. The van der Waals surface area contributed by atoms with Gasteiger partial charge in [0, 0.05) is 25.2 Å². The van der Waals surface area contributed by atoms with Crippen LogP contribution in [0.5, 0.6) is 11.8 Å². The summed E-state index contributed by atoms with van der Waals surface area (Å²) in [6, 6.07) is 9.49. The van der Waals surface area contributed by atoms with Crippen molar-refractivity contribution in [3.63, 3.8) is 0 Å². The van der Waals surface area contributed by atoms with Gasteiger partial charge < -0.3 is 19.3 Å². The Hall–Kier alpha value is -3.16. The molecule has 2 aliphatic heterocycles. The van der Waals surface area contributed by atoms with Crippen molar-refractivity contribution in [3.8, 4) is 11.8 Å². The fourth-order valence-electron chi connectivity index (χ4n) is 3.88. The van der Waals surface area contributed by atoms with E-state index in [2.05, 4.69) is 9.97 Å². The number of para-hydroxylation sites is 1. The highest BCUT2D eigenvalue weighted by Crippen LogP contribution is 2.27. The molecule has 2 fully saturated rings. The van der Waals surface area contributed by atoms with Crippen LogP contribution in [0.15, 0.2) is 42.7 Å². The van der Waals surface area contributed by atoms with Gasteiger partial charge in [-0.1, -0.05) is 18.2 Å². The van der Waals surface area contributed by atoms with Crippen LogP contribution in [0, 0.1) is 5.92 Å². The van der Waals surface area contributed by atoms with Crippen molar-refractivity contribution in [1.82, 2.24) is 14.9 Å². The van der Waals surface area contributed by atoms with E-state index in [1.54, 1.807) is 4.90 Å². The Morgan fingerprint density at radius 2 is 1.93 bits per heavy atom. The van der Waals surface area contributed by atoms with Crippen LogP contribution in [-0.4, -0.2) is 59.5 Å². The van der Waals surface area contributed by atoms with Crippen LogP contribution >= 0.6 is 0 Å².